The molecule has 0 fully saturated rings. The van der Waals surface area contributed by atoms with Crippen molar-refractivity contribution in [1.82, 2.24) is 0 Å². The third kappa shape index (κ3) is 2.06. The number of nitrogens with zero attached hydrogens (tertiary/aromatic N) is 1. The molecule has 0 aromatic rings. The van der Waals surface area contributed by atoms with E-state index in [1.54, 1.807) is 0 Å². The van der Waals surface area contributed by atoms with Gasteiger partial charge < -0.3 is 4.84 Å². The average Bonchev–Trinajstić information content (AvgIpc) is 2.08. The molecule has 1 aliphatic heterocycles. The first kappa shape index (κ1) is 9.55. The normalized spacial score (nSPS) is 17.3. The Morgan fingerprint density at radius 2 is 2.00 bits per heavy atom. The summed E-state index contributed by atoms with van der Waals surface area (Å²) in [5.41, 5.74) is -0.817. The molecule has 0 unspecified atom stereocenters. The quantitative estimate of drug-likeness (QED) is 0.550. The van der Waals surface area contributed by atoms with Crippen LogP contribution in [0.3, 0.4) is 0 Å². The van der Waals surface area contributed by atoms with Crippen LogP contribution < -0.4 is 0 Å². The zero-order valence-corrected chi connectivity index (χ0v) is 5.63. The topological polar surface area (TPSA) is 21.6 Å². The van der Waals surface area contributed by atoms with E-state index in [2.05, 4.69) is 9.99 Å². The molecule has 0 radical (unpaired) electrons. The molecular formula is C4H5ClF3NO. The Morgan fingerprint density at radius 1 is 1.40 bits per heavy atom. The van der Waals surface area contributed by atoms with Gasteiger partial charge in [-0.25, -0.2) is 0 Å². The predicted molar refractivity (Wildman–Crippen MR) is 31.3 cm³/mol. The van der Waals surface area contributed by atoms with Crippen molar-refractivity contribution in [3.8, 4) is 0 Å². The van der Waals surface area contributed by atoms with Crippen LogP contribution in [-0.4, -0.2) is 18.5 Å². The molecule has 0 saturated carbocycles. The van der Waals surface area contributed by atoms with Crippen molar-refractivity contribution >= 4 is 18.1 Å². The number of rotatable bonds is 0. The van der Waals surface area contributed by atoms with E-state index < -0.39 is 11.9 Å². The van der Waals surface area contributed by atoms with E-state index in [-0.39, 0.29) is 25.4 Å². The van der Waals surface area contributed by atoms with Crippen molar-refractivity contribution in [2.24, 2.45) is 5.16 Å². The van der Waals surface area contributed by atoms with Crippen LogP contribution in [0.5, 0.6) is 0 Å². The SMILES string of the molecule is Cl.FC(F)(F)C1=NOCC1. The van der Waals surface area contributed by atoms with Gasteiger partial charge in [-0.15, -0.1) is 12.4 Å². The summed E-state index contributed by atoms with van der Waals surface area (Å²) < 4.78 is 34.6. The minimum absolute atomic E-state index is 0. The molecule has 0 amide bonds. The Labute approximate surface area is 61.4 Å². The molecule has 1 heterocycles. The molecule has 6 heteroatoms. The summed E-state index contributed by atoms with van der Waals surface area (Å²) in [6.07, 6.45) is -4.42. The van der Waals surface area contributed by atoms with Crippen molar-refractivity contribution in [3.05, 3.63) is 0 Å². The highest BCUT2D eigenvalue weighted by Gasteiger charge is 2.37. The van der Waals surface area contributed by atoms with Gasteiger partial charge in [-0.05, 0) is 0 Å². The van der Waals surface area contributed by atoms with E-state index in [1.807, 2.05) is 0 Å². The summed E-state index contributed by atoms with van der Waals surface area (Å²) in [5.74, 6) is 0. The van der Waals surface area contributed by atoms with Gasteiger partial charge in [-0.1, -0.05) is 5.16 Å². The summed E-state index contributed by atoms with van der Waals surface area (Å²) in [6, 6.07) is 0. The van der Waals surface area contributed by atoms with Crippen LogP contribution in [0, 0.1) is 0 Å². The number of hydrogen-bond donors (Lipinski definition) is 0. The highest BCUT2D eigenvalue weighted by molar-refractivity contribution is 5.90. The van der Waals surface area contributed by atoms with Crippen LogP contribution >= 0.6 is 12.4 Å². The molecule has 1 aliphatic rings. The molecule has 10 heavy (non-hydrogen) atoms. The lowest BCUT2D eigenvalue weighted by atomic mass is 10.3. The van der Waals surface area contributed by atoms with Gasteiger partial charge in [0.2, 0.25) is 0 Å². The molecule has 0 spiro atoms. The maximum atomic E-state index is 11.5. The fourth-order valence-corrected chi connectivity index (χ4v) is 0.505. The van der Waals surface area contributed by atoms with Gasteiger partial charge in [0.25, 0.3) is 0 Å². The fraction of sp³-hybridized carbons (Fsp3) is 0.750. The molecule has 2 nitrogen and oxygen atoms in total. The smallest absolute Gasteiger partial charge is 0.395 e. The number of hydrogen-bond acceptors (Lipinski definition) is 2. The number of halogens is 4. The molecule has 0 atom stereocenters. The van der Waals surface area contributed by atoms with E-state index >= 15 is 0 Å². The average molecular weight is 176 g/mol. The van der Waals surface area contributed by atoms with E-state index in [9.17, 15) is 13.2 Å². The van der Waals surface area contributed by atoms with Crippen molar-refractivity contribution in [3.63, 3.8) is 0 Å². The number of alkyl halides is 3. The molecule has 0 aromatic heterocycles. The molecule has 0 N–H and O–H groups in total. The lowest BCUT2D eigenvalue weighted by Gasteiger charge is -2.00. The van der Waals surface area contributed by atoms with Gasteiger partial charge in [0.05, 0.1) is 0 Å². The van der Waals surface area contributed by atoms with Gasteiger partial charge in [-0.2, -0.15) is 13.2 Å². The minimum Gasteiger partial charge on any atom is -0.395 e. The van der Waals surface area contributed by atoms with E-state index in [1.165, 1.54) is 0 Å². The maximum absolute atomic E-state index is 11.5. The summed E-state index contributed by atoms with van der Waals surface area (Å²) in [5, 5.41) is 2.80. The molecular weight excluding hydrogens is 170 g/mol. The van der Waals surface area contributed by atoms with Gasteiger partial charge in [-0.3, -0.25) is 0 Å². The zero-order chi connectivity index (χ0) is 6.91. The Morgan fingerprint density at radius 3 is 2.20 bits per heavy atom. The third-order valence-electron chi connectivity index (χ3n) is 0.932. The second-order valence-electron chi connectivity index (χ2n) is 1.62. The number of oxime groups is 1. The lowest BCUT2D eigenvalue weighted by Crippen LogP contribution is -2.20. The van der Waals surface area contributed by atoms with Crippen LogP contribution in [0.25, 0.3) is 0 Å². The Balaban J connectivity index is 0.000000810. The second-order valence-corrected chi connectivity index (χ2v) is 1.62. The van der Waals surface area contributed by atoms with E-state index in [4.69, 9.17) is 0 Å². The van der Waals surface area contributed by atoms with Gasteiger partial charge in [0.1, 0.15) is 6.61 Å². The van der Waals surface area contributed by atoms with Crippen molar-refractivity contribution < 1.29 is 18.0 Å². The largest absolute Gasteiger partial charge is 0.432 e. The Bertz CT molecular complexity index is 144. The Hall–Kier alpha value is -0.450. The monoisotopic (exact) mass is 175 g/mol. The summed E-state index contributed by atoms with van der Waals surface area (Å²) in [4.78, 5) is 4.15. The summed E-state index contributed by atoms with van der Waals surface area (Å²) in [6.45, 7) is 0.0504. The van der Waals surface area contributed by atoms with E-state index in [0.29, 0.717) is 0 Å². The summed E-state index contributed by atoms with van der Waals surface area (Å²) in [7, 11) is 0. The van der Waals surface area contributed by atoms with Crippen molar-refractivity contribution in [2.75, 3.05) is 6.61 Å². The van der Waals surface area contributed by atoms with Crippen LogP contribution in [0.1, 0.15) is 6.42 Å². The first-order chi connectivity index (χ1) is 4.11. The fourth-order valence-electron chi connectivity index (χ4n) is 0.505. The third-order valence-corrected chi connectivity index (χ3v) is 0.932. The van der Waals surface area contributed by atoms with Crippen LogP contribution in [0.15, 0.2) is 5.16 Å². The highest BCUT2D eigenvalue weighted by atomic mass is 35.5. The van der Waals surface area contributed by atoms with Crippen molar-refractivity contribution in [1.29, 1.82) is 0 Å². The second kappa shape index (κ2) is 3.09. The van der Waals surface area contributed by atoms with Crippen LogP contribution in [0.4, 0.5) is 13.2 Å². The van der Waals surface area contributed by atoms with Gasteiger partial charge in [0, 0.05) is 6.42 Å². The maximum Gasteiger partial charge on any atom is 0.432 e. The van der Waals surface area contributed by atoms with Crippen molar-refractivity contribution in [2.45, 2.75) is 12.6 Å². The molecule has 1 rings (SSSR count). The minimum atomic E-state index is -4.30. The lowest BCUT2D eigenvalue weighted by molar-refractivity contribution is -0.0604. The predicted octanol–water partition coefficient (Wildman–Crippen LogP) is 1.75. The molecule has 0 saturated heterocycles. The molecule has 60 valence electrons. The Kier molecular flexibility index (Phi) is 2.96. The molecule has 0 aliphatic carbocycles. The first-order valence-corrected chi connectivity index (χ1v) is 2.37. The van der Waals surface area contributed by atoms with E-state index in [0.717, 1.165) is 0 Å². The zero-order valence-electron chi connectivity index (χ0n) is 4.81. The van der Waals surface area contributed by atoms with Gasteiger partial charge in [0.15, 0.2) is 5.71 Å². The molecule has 0 aromatic carbocycles. The van der Waals surface area contributed by atoms with Crippen LogP contribution in [-0.2, 0) is 4.84 Å². The first-order valence-electron chi connectivity index (χ1n) is 2.37. The standard InChI is InChI=1S/C4H4F3NO.ClH/c5-4(6,7)3-1-2-9-8-3;/h1-2H2;1H. The van der Waals surface area contributed by atoms with Gasteiger partial charge >= 0.3 is 6.18 Å². The van der Waals surface area contributed by atoms with Crippen LogP contribution in [0.2, 0.25) is 0 Å². The highest BCUT2D eigenvalue weighted by Crippen LogP contribution is 2.22. The molecule has 0 bridgehead atoms. The summed E-state index contributed by atoms with van der Waals surface area (Å²) >= 11 is 0.